The molecular formula is C19H23N3O3. The quantitative estimate of drug-likeness (QED) is 0.907. The molecule has 2 unspecified atom stereocenters. The van der Waals surface area contributed by atoms with Crippen molar-refractivity contribution < 1.29 is 14.3 Å². The van der Waals surface area contributed by atoms with Gasteiger partial charge in [0.25, 0.3) is 5.91 Å². The number of hydrogen-bond acceptors (Lipinski definition) is 3. The van der Waals surface area contributed by atoms with E-state index in [0.717, 1.165) is 10.9 Å². The lowest BCUT2D eigenvalue weighted by atomic mass is 9.96. The zero-order valence-corrected chi connectivity index (χ0v) is 14.6. The predicted octanol–water partition coefficient (Wildman–Crippen LogP) is 1.88. The van der Waals surface area contributed by atoms with E-state index in [4.69, 9.17) is 4.74 Å². The smallest absolute Gasteiger partial charge is 0.256 e. The molecule has 1 N–H and O–H groups in total. The number of likely N-dealkylation sites (tertiary alicyclic amines) is 1. The Morgan fingerprint density at radius 1 is 1.04 bits per heavy atom. The van der Waals surface area contributed by atoms with Crippen molar-refractivity contribution in [3.05, 3.63) is 36.0 Å². The van der Waals surface area contributed by atoms with Crippen molar-refractivity contribution in [1.82, 2.24) is 14.8 Å². The zero-order valence-electron chi connectivity index (χ0n) is 14.6. The number of rotatable bonds is 2. The van der Waals surface area contributed by atoms with Crippen LogP contribution in [-0.2, 0) is 9.53 Å². The minimum atomic E-state index is -0.0911. The third-order valence-corrected chi connectivity index (χ3v) is 5.07. The molecule has 2 amide bonds. The van der Waals surface area contributed by atoms with Crippen LogP contribution in [0.15, 0.2) is 30.5 Å². The molecule has 2 atom stereocenters. The van der Waals surface area contributed by atoms with E-state index in [1.165, 1.54) is 0 Å². The summed E-state index contributed by atoms with van der Waals surface area (Å²) in [6.07, 6.45) is 1.89. The summed E-state index contributed by atoms with van der Waals surface area (Å²) in [6, 6.07) is 7.76. The van der Waals surface area contributed by atoms with Gasteiger partial charge >= 0.3 is 0 Å². The number of ether oxygens (including phenoxy) is 1. The van der Waals surface area contributed by atoms with Crippen molar-refractivity contribution in [3.8, 4) is 0 Å². The maximum Gasteiger partial charge on any atom is 0.256 e. The molecule has 0 saturated carbocycles. The Kier molecular flexibility index (Phi) is 4.00. The Morgan fingerprint density at radius 2 is 1.72 bits per heavy atom. The highest BCUT2D eigenvalue weighted by molar-refractivity contribution is 6.07. The normalized spacial score (nSPS) is 24.4. The van der Waals surface area contributed by atoms with Crippen molar-refractivity contribution in [1.29, 1.82) is 0 Å². The van der Waals surface area contributed by atoms with Crippen LogP contribution in [0.25, 0.3) is 10.9 Å². The van der Waals surface area contributed by atoms with Gasteiger partial charge in [0.15, 0.2) is 0 Å². The first-order chi connectivity index (χ1) is 12.0. The molecule has 0 radical (unpaired) electrons. The number of aromatic amines is 1. The summed E-state index contributed by atoms with van der Waals surface area (Å²) in [5.41, 5.74) is 1.63. The maximum absolute atomic E-state index is 12.7. The molecule has 6 nitrogen and oxygen atoms in total. The van der Waals surface area contributed by atoms with Crippen molar-refractivity contribution in [2.45, 2.75) is 26.1 Å². The van der Waals surface area contributed by atoms with E-state index >= 15 is 0 Å². The Balaban J connectivity index is 1.40. The number of carbonyl (C=O) groups is 2. The van der Waals surface area contributed by atoms with Crippen LogP contribution in [0.1, 0.15) is 24.2 Å². The van der Waals surface area contributed by atoms with Crippen LogP contribution in [0.2, 0.25) is 0 Å². The number of para-hydroxylation sites is 1. The summed E-state index contributed by atoms with van der Waals surface area (Å²) in [5.74, 6) is 0.0434. The van der Waals surface area contributed by atoms with E-state index < -0.39 is 0 Å². The van der Waals surface area contributed by atoms with Gasteiger partial charge in [-0.05, 0) is 19.9 Å². The number of amides is 2. The van der Waals surface area contributed by atoms with Crippen molar-refractivity contribution in [2.75, 3.05) is 26.2 Å². The molecule has 0 bridgehead atoms. The fourth-order valence-electron chi connectivity index (χ4n) is 3.84. The second kappa shape index (κ2) is 6.19. The summed E-state index contributed by atoms with van der Waals surface area (Å²) < 4.78 is 5.69. The first kappa shape index (κ1) is 16.1. The van der Waals surface area contributed by atoms with Crippen molar-refractivity contribution in [3.63, 3.8) is 0 Å². The number of fused-ring (bicyclic) bond motifs is 1. The van der Waals surface area contributed by atoms with Crippen LogP contribution in [-0.4, -0.2) is 65.0 Å². The third kappa shape index (κ3) is 2.91. The average molecular weight is 341 g/mol. The van der Waals surface area contributed by atoms with Crippen LogP contribution in [0.5, 0.6) is 0 Å². The number of H-pyrrole nitrogens is 1. The number of hydrogen-bond donors (Lipinski definition) is 1. The Hall–Kier alpha value is -2.34. The molecule has 2 aliphatic heterocycles. The van der Waals surface area contributed by atoms with Gasteiger partial charge in [-0.2, -0.15) is 0 Å². The molecule has 0 spiro atoms. The fraction of sp³-hybridized carbons (Fsp3) is 0.474. The average Bonchev–Trinajstić information content (AvgIpc) is 2.96. The summed E-state index contributed by atoms with van der Waals surface area (Å²) in [4.78, 5) is 32.1. The van der Waals surface area contributed by atoms with Gasteiger partial charge in [-0.15, -0.1) is 0 Å². The highest BCUT2D eigenvalue weighted by atomic mass is 16.5. The highest BCUT2D eigenvalue weighted by Gasteiger charge is 2.40. The van der Waals surface area contributed by atoms with Crippen LogP contribution in [0.3, 0.4) is 0 Å². The highest BCUT2D eigenvalue weighted by Crippen LogP contribution is 2.26. The number of nitrogens with zero attached hydrogens (tertiary/aromatic N) is 2. The second-order valence-electron chi connectivity index (χ2n) is 7.16. The molecule has 4 rings (SSSR count). The number of carbonyl (C=O) groups excluding carboxylic acids is 2. The minimum Gasteiger partial charge on any atom is -0.372 e. The molecule has 1 aromatic carbocycles. The first-order valence-corrected chi connectivity index (χ1v) is 8.82. The summed E-state index contributed by atoms with van der Waals surface area (Å²) in [7, 11) is 0. The third-order valence-electron chi connectivity index (χ3n) is 5.07. The number of nitrogens with one attached hydrogen (secondary N) is 1. The van der Waals surface area contributed by atoms with Gasteiger partial charge in [0.1, 0.15) is 0 Å². The SMILES string of the molecule is CC1CN(C(=O)C2CN(C(=O)c3c[nH]c4ccccc34)C2)CC(C)O1. The van der Waals surface area contributed by atoms with Crippen LogP contribution < -0.4 is 0 Å². The standard InChI is InChI=1S/C19H23N3O3/c1-12-8-21(9-13(2)25-12)18(23)14-10-22(11-14)19(24)16-7-20-17-6-4-3-5-15(16)17/h3-7,12-14,20H,8-11H2,1-2H3. The lowest BCUT2D eigenvalue weighted by Gasteiger charge is -2.43. The molecule has 2 aromatic rings. The molecule has 1 aromatic heterocycles. The van der Waals surface area contributed by atoms with E-state index in [2.05, 4.69) is 4.98 Å². The van der Waals surface area contributed by atoms with Gasteiger partial charge in [-0.25, -0.2) is 0 Å². The molecule has 2 aliphatic rings. The molecule has 6 heteroatoms. The van der Waals surface area contributed by atoms with Gasteiger partial charge in [-0.1, -0.05) is 18.2 Å². The summed E-state index contributed by atoms with van der Waals surface area (Å²) in [5, 5.41) is 0.929. The molecule has 132 valence electrons. The summed E-state index contributed by atoms with van der Waals surface area (Å²) >= 11 is 0. The van der Waals surface area contributed by atoms with Gasteiger partial charge in [0.05, 0.1) is 23.7 Å². The zero-order chi connectivity index (χ0) is 17.6. The van der Waals surface area contributed by atoms with Crippen molar-refractivity contribution >= 4 is 22.7 Å². The van der Waals surface area contributed by atoms with E-state index in [9.17, 15) is 9.59 Å². The molecule has 2 fully saturated rings. The minimum absolute atomic E-state index is 0.00906. The largest absolute Gasteiger partial charge is 0.372 e. The Labute approximate surface area is 146 Å². The van der Waals surface area contributed by atoms with E-state index in [1.807, 2.05) is 43.0 Å². The fourth-order valence-corrected chi connectivity index (χ4v) is 3.84. The molecule has 0 aliphatic carbocycles. The van der Waals surface area contributed by atoms with Gasteiger partial charge in [0.2, 0.25) is 5.91 Å². The molecule has 2 saturated heterocycles. The molecular weight excluding hydrogens is 318 g/mol. The lowest BCUT2D eigenvalue weighted by Crippen LogP contribution is -2.59. The van der Waals surface area contributed by atoms with E-state index in [-0.39, 0.29) is 29.9 Å². The number of aromatic nitrogens is 1. The predicted molar refractivity (Wildman–Crippen MR) is 94.3 cm³/mol. The summed E-state index contributed by atoms with van der Waals surface area (Å²) in [6.45, 7) is 6.24. The Morgan fingerprint density at radius 3 is 2.44 bits per heavy atom. The van der Waals surface area contributed by atoms with Crippen LogP contribution in [0, 0.1) is 5.92 Å². The lowest BCUT2D eigenvalue weighted by molar-refractivity contribution is -0.151. The van der Waals surface area contributed by atoms with Crippen molar-refractivity contribution in [2.24, 2.45) is 5.92 Å². The monoisotopic (exact) mass is 341 g/mol. The molecule has 25 heavy (non-hydrogen) atoms. The van der Waals surface area contributed by atoms with Gasteiger partial charge in [-0.3, -0.25) is 9.59 Å². The maximum atomic E-state index is 12.7. The van der Waals surface area contributed by atoms with Gasteiger partial charge < -0.3 is 19.5 Å². The number of morpholine rings is 1. The van der Waals surface area contributed by atoms with Crippen LogP contribution in [0.4, 0.5) is 0 Å². The van der Waals surface area contributed by atoms with Gasteiger partial charge in [0, 0.05) is 43.3 Å². The second-order valence-corrected chi connectivity index (χ2v) is 7.16. The number of benzene rings is 1. The van der Waals surface area contributed by atoms with Crippen LogP contribution >= 0.6 is 0 Å². The van der Waals surface area contributed by atoms with E-state index in [1.54, 1.807) is 11.1 Å². The Bertz CT molecular complexity index is 799. The first-order valence-electron chi connectivity index (χ1n) is 8.82. The molecule has 3 heterocycles. The topological polar surface area (TPSA) is 65.6 Å². The van der Waals surface area contributed by atoms with E-state index in [0.29, 0.717) is 31.7 Å².